The number of hydrogen-bond donors (Lipinski definition) is 2. The average molecular weight is 182 g/mol. The van der Waals surface area contributed by atoms with E-state index in [-0.39, 0.29) is 0 Å². The first kappa shape index (κ1) is 9.25. The number of phenols is 1. The van der Waals surface area contributed by atoms with Crippen molar-refractivity contribution in [3.05, 3.63) is 35.7 Å². The van der Waals surface area contributed by atoms with Gasteiger partial charge in [0.25, 0.3) is 0 Å². The van der Waals surface area contributed by atoms with Gasteiger partial charge in [0.2, 0.25) is 0 Å². The maximum absolute atomic E-state index is 12.5. The van der Waals surface area contributed by atoms with Crippen LogP contribution in [0.15, 0.2) is 24.3 Å². The Morgan fingerprint density at radius 2 is 2.15 bits per heavy atom. The first-order chi connectivity index (χ1) is 6.09. The van der Waals surface area contributed by atoms with Gasteiger partial charge in [-0.3, -0.25) is 0 Å². The summed E-state index contributed by atoms with van der Waals surface area (Å²) in [5.74, 6) is -2.32. The van der Waals surface area contributed by atoms with Crippen LogP contribution in [0.3, 0.4) is 0 Å². The first-order valence-electron chi connectivity index (χ1n) is 3.49. The van der Waals surface area contributed by atoms with E-state index < -0.39 is 17.5 Å². The topological polar surface area (TPSA) is 57.5 Å². The van der Waals surface area contributed by atoms with E-state index in [9.17, 15) is 9.18 Å². The molecule has 0 fully saturated rings. The third-order valence-electron chi connectivity index (χ3n) is 1.39. The molecule has 0 aliphatic heterocycles. The zero-order valence-electron chi connectivity index (χ0n) is 6.57. The van der Waals surface area contributed by atoms with Crippen molar-refractivity contribution in [3.63, 3.8) is 0 Å². The predicted octanol–water partition coefficient (Wildman–Crippen LogP) is 1.63. The molecule has 0 aliphatic rings. The highest BCUT2D eigenvalue weighted by Crippen LogP contribution is 2.17. The van der Waals surface area contributed by atoms with E-state index in [0.717, 1.165) is 18.2 Å². The molecule has 0 radical (unpaired) electrons. The van der Waals surface area contributed by atoms with Crippen LogP contribution in [-0.2, 0) is 4.79 Å². The molecule has 0 aliphatic carbocycles. The van der Waals surface area contributed by atoms with Gasteiger partial charge >= 0.3 is 5.97 Å². The minimum absolute atomic E-state index is 0.432. The van der Waals surface area contributed by atoms with Gasteiger partial charge < -0.3 is 10.2 Å². The number of hydrogen-bond acceptors (Lipinski definition) is 2. The van der Waals surface area contributed by atoms with Crippen molar-refractivity contribution in [2.45, 2.75) is 0 Å². The van der Waals surface area contributed by atoms with Crippen LogP contribution in [0.2, 0.25) is 0 Å². The van der Waals surface area contributed by atoms with Crippen LogP contribution in [0.1, 0.15) is 5.56 Å². The lowest BCUT2D eigenvalue weighted by Crippen LogP contribution is -1.85. The second-order valence-electron chi connectivity index (χ2n) is 2.38. The molecule has 0 bridgehead atoms. The lowest BCUT2D eigenvalue weighted by atomic mass is 10.2. The van der Waals surface area contributed by atoms with Crippen molar-refractivity contribution < 1.29 is 19.4 Å². The number of aliphatic carboxylic acids is 1. The Balaban J connectivity index is 2.92. The van der Waals surface area contributed by atoms with Crippen molar-refractivity contribution >= 4 is 12.0 Å². The van der Waals surface area contributed by atoms with Gasteiger partial charge in [0.1, 0.15) is 0 Å². The van der Waals surface area contributed by atoms with Crippen molar-refractivity contribution in [2.24, 2.45) is 0 Å². The van der Waals surface area contributed by atoms with Crippen LogP contribution in [0, 0.1) is 5.82 Å². The molecule has 3 nitrogen and oxygen atoms in total. The molecule has 0 saturated heterocycles. The van der Waals surface area contributed by atoms with Crippen molar-refractivity contribution in [1.82, 2.24) is 0 Å². The molecule has 0 saturated carbocycles. The van der Waals surface area contributed by atoms with E-state index in [2.05, 4.69) is 0 Å². The van der Waals surface area contributed by atoms with Crippen LogP contribution in [0.5, 0.6) is 5.75 Å². The molecule has 0 amide bonds. The van der Waals surface area contributed by atoms with Gasteiger partial charge in [-0.2, -0.15) is 0 Å². The van der Waals surface area contributed by atoms with Gasteiger partial charge in [-0.05, 0) is 23.8 Å². The maximum atomic E-state index is 12.5. The number of rotatable bonds is 2. The van der Waals surface area contributed by atoms with E-state index in [1.54, 1.807) is 0 Å². The van der Waals surface area contributed by atoms with Gasteiger partial charge in [0.05, 0.1) is 0 Å². The molecule has 0 heterocycles. The quantitative estimate of drug-likeness (QED) is 0.683. The van der Waals surface area contributed by atoms with E-state index in [1.807, 2.05) is 0 Å². The number of aromatic hydroxyl groups is 1. The fourth-order valence-electron chi connectivity index (χ4n) is 0.801. The molecule has 1 rings (SSSR count). The highest BCUT2D eigenvalue weighted by molar-refractivity contribution is 5.85. The minimum Gasteiger partial charge on any atom is -0.505 e. The molecule has 1 aromatic carbocycles. The molecule has 13 heavy (non-hydrogen) atoms. The largest absolute Gasteiger partial charge is 0.505 e. The Hall–Kier alpha value is -1.84. The first-order valence-corrected chi connectivity index (χ1v) is 3.49. The molecule has 0 aromatic heterocycles. The summed E-state index contributed by atoms with van der Waals surface area (Å²) in [5, 5.41) is 17.2. The van der Waals surface area contributed by atoms with E-state index >= 15 is 0 Å². The Morgan fingerprint density at radius 1 is 1.46 bits per heavy atom. The van der Waals surface area contributed by atoms with Crippen molar-refractivity contribution in [2.75, 3.05) is 0 Å². The third-order valence-corrected chi connectivity index (χ3v) is 1.39. The fourth-order valence-corrected chi connectivity index (χ4v) is 0.801. The van der Waals surface area contributed by atoms with Gasteiger partial charge in [-0.25, -0.2) is 9.18 Å². The maximum Gasteiger partial charge on any atom is 0.328 e. The molecular formula is C9H7FO3. The standard InChI is InChI=1S/C9H7FO3/c10-7-3-1-6(5-8(7)11)2-4-9(12)13/h1-5,11H,(H,12,13). The monoisotopic (exact) mass is 182 g/mol. The van der Waals surface area contributed by atoms with Gasteiger partial charge in [-0.15, -0.1) is 0 Å². The average Bonchev–Trinajstić information content (AvgIpc) is 2.07. The number of halogens is 1. The number of phenolic OH excluding ortho intramolecular Hbond substituents is 1. The van der Waals surface area contributed by atoms with E-state index in [1.165, 1.54) is 12.1 Å². The zero-order chi connectivity index (χ0) is 9.84. The van der Waals surface area contributed by atoms with Gasteiger partial charge in [0.15, 0.2) is 11.6 Å². The lowest BCUT2D eigenvalue weighted by Gasteiger charge is -1.95. The molecule has 4 heteroatoms. The van der Waals surface area contributed by atoms with Crippen LogP contribution >= 0.6 is 0 Å². The molecule has 0 atom stereocenters. The van der Waals surface area contributed by atoms with Crippen LogP contribution in [0.4, 0.5) is 4.39 Å². The smallest absolute Gasteiger partial charge is 0.328 e. The summed E-state index contributed by atoms with van der Waals surface area (Å²) in [6, 6.07) is 3.58. The minimum atomic E-state index is -1.09. The number of benzene rings is 1. The Bertz CT molecular complexity index is 358. The third kappa shape index (κ3) is 2.59. The number of carbonyl (C=O) groups is 1. The van der Waals surface area contributed by atoms with Crippen molar-refractivity contribution in [1.29, 1.82) is 0 Å². The molecule has 0 spiro atoms. The van der Waals surface area contributed by atoms with Crippen LogP contribution < -0.4 is 0 Å². The summed E-state index contributed by atoms with van der Waals surface area (Å²) in [4.78, 5) is 10.1. The van der Waals surface area contributed by atoms with E-state index in [4.69, 9.17) is 10.2 Å². The molecule has 1 aromatic rings. The second kappa shape index (κ2) is 3.71. The highest BCUT2D eigenvalue weighted by atomic mass is 19.1. The number of carboxylic acids is 1. The Kier molecular flexibility index (Phi) is 2.64. The summed E-state index contributed by atoms with van der Waals surface area (Å²) in [5.41, 5.74) is 0.432. The summed E-state index contributed by atoms with van der Waals surface area (Å²) in [6.45, 7) is 0. The predicted molar refractivity (Wildman–Crippen MR) is 44.7 cm³/mol. The zero-order valence-corrected chi connectivity index (χ0v) is 6.57. The summed E-state index contributed by atoms with van der Waals surface area (Å²) in [7, 11) is 0. The second-order valence-corrected chi connectivity index (χ2v) is 2.38. The summed E-state index contributed by atoms with van der Waals surface area (Å²) in [6.07, 6.45) is 2.17. The SMILES string of the molecule is O=C(O)C=Cc1ccc(F)c(O)c1. The lowest BCUT2D eigenvalue weighted by molar-refractivity contribution is -0.131. The molecule has 0 unspecified atom stereocenters. The van der Waals surface area contributed by atoms with Crippen molar-refractivity contribution in [3.8, 4) is 5.75 Å². The van der Waals surface area contributed by atoms with Crippen LogP contribution in [-0.4, -0.2) is 16.2 Å². The van der Waals surface area contributed by atoms with Gasteiger partial charge in [0, 0.05) is 6.08 Å². The Morgan fingerprint density at radius 3 is 2.69 bits per heavy atom. The highest BCUT2D eigenvalue weighted by Gasteiger charge is 1.98. The number of carboxylic acid groups (broad SMARTS) is 1. The summed E-state index contributed by atoms with van der Waals surface area (Å²) >= 11 is 0. The normalized spacial score (nSPS) is 10.5. The molecule has 2 N–H and O–H groups in total. The summed E-state index contributed by atoms with van der Waals surface area (Å²) < 4.78 is 12.5. The Labute approximate surface area is 73.8 Å². The molecule has 68 valence electrons. The van der Waals surface area contributed by atoms with Gasteiger partial charge in [-0.1, -0.05) is 6.07 Å². The van der Waals surface area contributed by atoms with E-state index in [0.29, 0.717) is 5.56 Å². The fraction of sp³-hybridized carbons (Fsp3) is 0. The molecular weight excluding hydrogens is 175 g/mol. The van der Waals surface area contributed by atoms with Crippen LogP contribution in [0.25, 0.3) is 6.08 Å².